The normalized spacial score (nSPS) is 18.5. The largest absolute Gasteiger partial charge is 0.353 e. The van der Waals surface area contributed by atoms with E-state index < -0.39 is 5.72 Å². The van der Waals surface area contributed by atoms with E-state index in [4.69, 9.17) is 4.74 Å². The van der Waals surface area contributed by atoms with Crippen LogP contribution in [0.1, 0.15) is 19.8 Å². The van der Waals surface area contributed by atoms with Crippen LogP contribution >= 0.6 is 12.4 Å². The van der Waals surface area contributed by atoms with Crippen molar-refractivity contribution in [3.63, 3.8) is 0 Å². The van der Waals surface area contributed by atoms with Crippen LogP contribution in [0.4, 0.5) is 0 Å². The van der Waals surface area contributed by atoms with Crippen molar-refractivity contribution < 1.29 is 9.53 Å². The summed E-state index contributed by atoms with van der Waals surface area (Å²) < 4.78 is 5.15. The Morgan fingerprint density at radius 2 is 2.30 bits per heavy atom. The van der Waals surface area contributed by atoms with Gasteiger partial charge in [0.1, 0.15) is 0 Å². The summed E-state index contributed by atoms with van der Waals surface area (Å²) >= 11 is 0. The molecule has 0 atom stereocenters. The van der Waals surface area contributed by atoms with Crippen molar-refractivity contribution >= 4 is 18.5 Å². The van der Waals surface area contributed by atoms with Gasteiger partial charge < -0.3 is 4.74 Å². The zero-order chi connectivity index (χ0) is 6.74. The number of nitrogens with zero attached hydrogens (tertiary/aromatic N) is 1. The van der Waals surface area contributed by atoms with Crippen LogP contribution in [-0.2, 0) is 9.53 Å². The van der Waals surface area contributed by atoms with Gasteiger partial charge in [0.2, 0.25) is 6.08 Å². The molecule has 1 aliphatic rings. The van der Waals surface area contributed by atoms with Gasteiger partial charge in [-0.05, 0) is 6.92 Å². The standard InChI is InChI=1S/C6H9NO2.ClH/c1-2-9-6(3-4-6)7-5-8;/h2-4H2,1H3;1H. The molecule has 3 nitrogen and oxygen atoms in total. The lowest BCUT2D eigenvalue weighted by atomic mass is 10.6. The molecule has 0 aromatic heterocycles. The highest BCUT2D eigenvalue weighted by Gasteiger charge is 2.43. The highest BCUT2D eigenvalue weighted by molar-refractivity contribution is 5.85. The first-order valence-corrected chi connectivity index (χ1v) is 3.06. The van der Waals surface area contributed by atoms with E-state index in [1.54, 1.807) is 0 Å². The highest BCUT2D eigenvalue weighted by Crippen LogP contribution is 2.40. The van der Waals surface area contributed by atoms with Gasteiger partial charge in [0, 0.05) is 19.4 Å². The van der Waals surface area contributed by atoms with Gasteiger partial charge in [-0.15, -0.1) is 12.4 Å². The second-order valence-electron chi connectivity index (χ2n) is 2.08. The Kier molecular flexibility index (Phi) is 3.58. The Bertz CT molecular complexity index is 150. The molecular formula is C6H10ClNO2. The van der Waals surface area contributed by atoms with Crippen LogP contribution in [0, 0.1) is 0 Å². The monoisotopic (exact) mass is 163 g/mol. The fraction of sp³-hybridized carbons (Fsp3) is 0.833. The number of hydrogen-bond donors (Lipinski definition) is 0. The van der Waals surface area contributed by atoms with E-state index in [0.29, 0.717) is 6.61 Å². The van der Waals surface area contributed by atoms with Crippen molar-refractivity contribution in [3.05, 3.63) is 0 Å². The first-order chi connectivity index (χ1) is 4.33. The lowest BCUT2D eigenvalue weighted by Gasteiger charge is -2.04. The summed E-state index contributed by atoms with van der Waals surface area (Å²) in [6, 6.07) is 0. The predicted octanol–water partition coefficient (Wildman–Crippen LogP) is 1.27. The highest BCUT2D eigenvalue weighted by atomic mass is 35.5. The van der Waals surface area contributed by atoms with E-state index in [2.05, 4.69) is 4.99 Å². The quantitative estimate of drug-likeness (QED) is 0.464. The number of carbonyl (C=O) groups excluding carboxylic acids is 1. The Morgan fingerprint density at radius 1 is 1.70 bits per heavy atom. The summed E-state index contributed by atoms with van der Waals surface area (Å²) in [6.45, 7) is 2.51. The average molecular weight is 164 g/mol. The Morgan fingerprint density at radius 3 is 2.60 bits per heavy atom. The minimum atomic E-state index is -0.448. The van der Waals surface area contributed by atoms with Crippen molar-refractivity contribution in [1.29, 1.82) is 0 Å². The number of aliphatic imine (C=N–C) groups is 1. The predicted molar refractivity (Wildman–Crippen MR) is 39.0 cm³/mol. The van der Waals surface area contributed by atoms with E-state index in [0.717, 1.165) is 12.8 Å². The Labute approximate surface area is 65.9 Å². The SMILES string of the molecule is CCOC1(N=C=O)CC1.Cl. The first kappa shape index (κ1) is 9.63. The van der Waals surface area contributed by atoms with Crippen LogP contribution < -0.4 is 0 Å². The van der Waals surface area contributed by atoms with Crippen molar-refractivity contribution in [3.8, 4) is 0 Å². The number of isocyanates is 1. The van der Waals surface area contributed by atoms with Gasteiger partial charge in [0.25, 0.3) is 0 Å². The van der Waals surface area contributed by atoms with Crippen molar-refractivity contribution in [2.75, 3.05) is 6.61 Å². The molecule has 10 heavy (non-hydrogen) atoms. The minimum Gasteiger partial charge on any atom is -0.353 e. The molecule has 0 heterocycles. The first-order valence-electron chi connectivity index (χ1n) is 3.06. The van der Waals surface area contributed by atoms with Crippen LogP contribution in [0.3, 0.4) is 0 Å². The molecule has 0 amide bonds. The van der Waals surface area contributed by atoms with Crippen LogP contribution in [-0.4, -0.2) is 18.4 Å². The maximum Gasteiger partial charge on any atom is 0.237 e. The number of ether oxygens (including phenoxy) is 1. The molecule has 4 heteroatoms. The van der Waals surface area contributed by atoms with E-state index in [9.17, 15) is 4.79 Å². The van der Waals surface area contributed by atoms with E-state index >= 15 is 0 Å². The van der Waals surface area contributed by atoms with Crippen LogP contribution in [0.25, 0.3) is 0 Å². The topological polar surface area (TPSA) is 38.7 Å². The molecule has 0 radical (unpaired) electrons. The number of halogens is 1. The lowest BCUT2D eigenvalue weighted by Crippen LogP contribution is -2.09. The second kappa shape index (κ2) is 3.71. The van der Waals surface area contributed by atoms with Crippen molar-refractivity contribution in [1.82, 2.24) is 0 Å². The molecule has 0 aromatic rings. The third kappa shape index (κ3) is 2.10. The third-order valence-corrected chi connectivity index (χ3v) is 1.34. The third-order valence-electron chi connectivity index (χ3n) is 1.34. The summed E-state index contributed by atoms with van der Waals surface area (Å²) in [4.78, 5) is 13.3. The maximum atomic E-state index is 9.76. The molecule has 0 saturated heterocycles. The van der Waals surface area contributed by atoms with Gasteiger partial charge in [0.05, 0.1) is 0 Å². The van der Waals surface area contributed by atoms with Gasteiger partial charge in [-0.25, -0.2) is 4.79 Å². The summed E-state index contributed by atoms with van der Waals surface area (Å²) in [6.07, 6.45) is 3.25. The molecular weight excluding hydrogens is 154 g/mol. The van der Waals surface area contributed by atoms with Crippen LogP contribution in [0.15, 0.2) is 4.99 Å². The summed E-state index contributed by atoms with van der Waals surface area (Å²) in [7, 11) is 0. The summed E-state index contributed by atoms with van der Waals surface area (Å²) in [5.74, 6) is 0. The van der Waals surface area contributed by atoms with Gasteiger partial charge in [-0.2, -0.15) is 4.99 Å². The molecule has 0 aromatic carbocycles. The van der Waals surface area contributed by atoms with Crippen LogP contribution in [0.2, 0.25) is 0 Å². The molecule has 0 aliphatic heterocycles. The lowest BCUT2D eigenvalue weighted by molar-refractivity contribution is 0.0490. The molecule has 0 N–H and O–H groups in total. The zero-order valence-electron chi connectivity index (χ0n) is 5.79. The zero-order valence-corrected chi connectivity index (χ0v) is 6.61. The molecule has 0 spiro atoms. The maximum absolute atomic E-state index is 9.76. The van der Waals surface area contributed by atoms with Crippen molar-refractivity contribution in [2.24, 2.45) is 4.99 Å². The Hall–Kier alpha value is -0.370. The fourth-order valence-corrected chi connectivity index (χ4v) is 0.747. The summed E-state index contributed by atoms with van der Waals surface area (Å²) in [5.41, 5.74) is -0.448. The molecule has 0 bridgehead atoms. The molecule has 1 aliphatic carbocycles. The van der Waals surface area contributed by atoms with Gasteiger partial charge in [-0.1, -0.05) is 0 Å². The minimum absolute atomic E-state index is 0. The molecule has 1 saturated carbocycles. The fourth-order valence-electron chi connectivity index (χ4n) is 0.747. The van der Waals surface area contributed by atoms with E-state index in [1.165, 1.54) is 6.08 Å². The Balaban J connectivity index is 0.000000810. The average Bonchev–Trinajstić information content (AvgIpc) is 2.51. The van der Waals surface area contributed by atoms with E-state index in [1.807, 2.05) is 6.92 Å². The van der Waals surface area contributed by atoms with E-state index in [-0.39, 0.29) is 12.4 Å². The van der Waals surface area contributed by atoms with Gasteiger partial charge >= 0.3 is 0 Å². The number of rotatable bonds is 3. The number of hydrogen-bond acceptors (Lipinski definition) is 3. The second-order valence-corrected chi connectivity index (χ2v) is 2.08. The molecule has 0 unspecified atom stereocenters. The van der Waals surface area contributed by atoms with Gasteiger partial charge in [-0.3, -0.25) is 0 Å². The van der Waals surface area contributed by atoms with Crippen LogP contribution in [0.5, 0.6) is 0 Å². The smallest absolute Gasteiger partial charge is 0.237 e. The van der Waals surface area contributed by atoms with Crippen molar-refractivity contribution in [2.45, 2.75) is 25.5 Å². The molecule has 58 valence electrons. The molecule has 1 rings (SSSR count). The molecule has 1 fully saturated rings. The van der Waals surface area contributed by atoms with Gasteiger partial charge in [0.15, 0.2) is 5.72 Å². The summed E-state index contributed by atoms with van der Waals surface area (Å²) in [5, 5.41) is 0.